The van der Waals surface area contributed by atoms with Gasteiger partial charge in [0.1, 0.15) is 11.6 Å². The molecule has 2 aliphatic rings. The first-order valence-corrected chi connectivity index (χ1v) is 11.1. The number of benzene rings is 1. The number of nitrogens with zero attached hydrogens (tertiary/aromatic N) is 3. The molecule has 148 valence electrons. The zero-order valence-corrected chi connectivity index (χ0v) is 17.9. The van der Waals surface area contributed by atoms with Crippen molar-refractivity contribution in [1.29, 1.82) is 0 Å². The molecule has 1 aromatic heterocycles. The number of para-hydroxylation sites is 1. The highest BCUT2D eigenvalue weighted by Gasteiger charge is 2.42. The Morgan fingerprint density at radius 1 is 0.963 bits per heavy atom. The molecule has 2 aliphatic carbocycles. The van der Waals surface area contributed by atoms with E-state index < -0.39 is 0 Å². The molecule has 1 heterocycles. The van der Waals surface area contributed by atoms with Crippen molar-refractivity contribution in [3.63, 3.8) is 0 Å². The molecule has 0 radical (unpaired) electrons. The summed E-state index contributed by atoms with van der Waals surface area (Å²) < 4.78 is 0. The molecule has 0 bridgehead atoms. The van der Waals surface area contributed by atoms with E-state index in [0.717, 1.165) is 40.3 Å². The Morgan fingerprint density at radius 2 is 1.63 bits per heavy atom. The molecule has 0 N–H and O–H groups in total. The fourth-order valence-corrected chi connectivity index (χ4v) is 4.71. The standard InChI is InChI=1S/C22H31N3.C2H6/c1-4-15-9-11-16(12-10-15)13-17-14-19(17)21-23-20-8-6-5-7-18(20)22(24-21)25(2)3;1-2/h5-8,15-17,19H,4,9-14H2,1-3H3;1-2H3. The van der Waals surface area contributed by atoms with Crippen LogP contribution in [0.1, 0.15) is 77.5 Å². The maximum absolute atomic E-state index is 4.95. The van der Waals surface area contributed by atoms with Crippen LogP contribution in [0, 0.1) is 17.8 Å². The number of hydrogen-bond acceptors (Lipinski definition) is 3. The van der Waals surface area contributed by atoms with Crippen LogP contribution in [-0.4, -0.2) is 24.1 Å². The predicted molar refractivity (Wildman–Crippen MR) is 116 cm³/mol. The highest BCUT2D eigenvalue weighted by Crippen LogP contribution is 2.52. The maximum atomic E-state index is 4.95. The molecule has 4 rings (SSSR count). The van der Waals surface area contributed by atoms with Gasteiger partial charge in [-0.1, -0.05) is 65.0 Å². The van der Waals surface area contributed by atoms with Gasteiger partial charge in [-0.05, 0) is 42.7 Å². The van der Waals surface area contributed by atoms with E-state index >= 15 is 0 Å². The summed E-state index contributed by atoms with van der Waals surface area (Å²) in [4.78, 5) is 12.0. The van der Waals surface area contributed by atoms with Gasteiger partial charge in [-0.25, -0.2) is 9.97 Å². The maximum Gasteiger partial charge on any atom is 0.139 e. The van der Waals surface area contributed by atoms with E-state index in [-0.39, 0.29) is 0 Å². The molecular formula is C24H37N3. The molecule has 0 amide bonds. The number of anilines is 1. The molecule has 0 saturated heterocycles. The van der Waals surface area contributed by atoms with Crippen molar-refractivity contribution in [1.82, 2.24) is 9.97 Å². The first-order chi connectivity index (χ1) is 13.2. The van der Waals surface area contributed by atoms with Gasteiger partial charge < -0.3 is 4.90 Å². The first kappa shape index (κ1) is 20.1. The minimum absolute atomic E-state index is 0.590. The summed E-state index contributed by atoms with van der Waals surface area (Å²) in [5, 5.41) is 1.16. The van der Waals surface area contributed by atoms with E-state index in [9.17, 15) is 0 Å². The van der Waals surface area contributed by atoms with Crippen LogP contribution >= 0.6 is 0 Å². The molecule has 3 heteroatoms. The molecule has 2 atom stereocenters. The second-order valence-corrected chi connectivity index (χ2v) is 8.45. The van der Waals surface area contributed by atoms with Crippen molar-refractivity contribution in [2.45, 2.75) is 71.6 Å². The fourth-order valence-electron chi connectivity index (χ4n) is 4.71. The van der Waals surface area contributed by atoms with Gasteiger partial charge in [0.25, 0.3) is 0 Å². The van der Waals surface area contributed by atoms with E-state index in [2.05, 4.69) is 50.2 Å². The lowest BCUT2D eigenvalue weighted by Crippen LogP contribution is -2.15. The van der Waals surface area contributed by atoms with E-state index in [4.69, 9.17) is 9.97 Å². The van der Waals surface area contributed by atoms with Crippen LogP contribution in [0.15, 0.2) is 24.3 Å². The molecule has 2 saturated carbocycles. The van der Waals surface area contributed by atoms with Gasteiger partial charge in [0, 0.05) is 25.4 Å². The summed E-state index contributed by atoms with van der Waals surface area (Å²) in [7, 11) is 4.16. The van der Waals surface area contributed by atoms with Gasteiger partial charge in [0.15, 0.2) is 0 Å². The zero-order valence-electron chi connectivity index (χ0n) is 17.9. The lowest BCUT2D eigenvalue weighted by molar-refractivity contribution is 0.250. The molecule has 27 heavy (non-hydrogen) atoms. The second-order valence-electron chi connectivity index (χ2n) is 8.45. The van der Waals surface area contributed by atoms with Gasteiger partial charge in [-0.15, -0.1) is 0 Å². The monoisotopic (exact) mass is 367 g/mol. The third-order valence-electron chi connectivity index (χ3n) is 6.46. The third-order valence-corrected chi connectivity index (χ3v) is 6.46. The van der Waals surface area contributed by atoms with E-state index in [1.807, 2.05) is 13.8 Å². The van der Waals surface area contributed by atoms with Crippen LogP contribution in [0.25, 0.3) is 10.9 Å². The largest absolute Gasteiger partial charge is 0.362 e. The van der Waals surface area contributed by atoms with Crippen LogP contribution in [0.2, 0.25) is 0 Å². The Labute approximate surface area is 165 Å². The molecule has 2 fully saturated rings. The number of hydrogen-bond donors (Lipinski definition) is 0. The van der Waals surface area contributed by atoms with E-state index in [1.54, 1.807) is 0 Å². The molecule has 0 aliphatic heterocycles. The van der Waals surface area contributed by atoms with Crippen LogP contribution < -0.4 is 4.90 Å². The molecule has 2 aromatic rings. The third kappa shape index (κ3) is 4.62. The first-order valence-electron chi connectivity index (χ1n) is 11.1. The quantitative estimate of drug-likeness (QED) is 0.609. The smallest absolute Gasteiger partial charge is 0.139 e. The van der Waals surface area contributed by atoms with Crippen molar-refractivity contribution in [2.75, 3.05) is 19.0 Å². The molecule has 3 nitrogen and oxygen atoms in total. The van der Waals surface area contributed by atoms with Gasteiger partial charge in [-0.3, -0.25) is 0 Å². The molecule has 2 unspecified atom stereocenters. The van der Waals surface area contributed by atoms with Crippen molar-refractivity contribution in [2.24, 2.45) is 17.8 Å². The SMILES string of the molecule is CC.CCC1CCC(CC2CC2c2nc(N(C)C)c3ccccc3n2)CC1. The summed E-state index contributed by atoms with van der Waals surface area (Å²) in [6.45, 7) is 6.35. The van der Waals surface area contributed by atoms with Crippen molar-refractivity contribution in [3.8, 4) is 0 Å². The topological polar surface area (TPSA) is 29.0 Å². The summed E-state index contributed by atoms with van der Waals surface area (Å²) in [6.07, 6.45) is 9.86. The van der Waals surface area contributed by atoms with Gasteiger partial charge in [0.2, 0.25) is 0 Å². The summed E-state index contributed by atoms with van der Waals surface area (Å²) >= 11 is 0. The Bertz CT molecular complexity index is 731. The molecule has 0 spiro atoms. The number of aromatic nitrogens is 2. The van der Waals surface area contributed by atoms with Gasteiger partial charge in [0.05, 0.1) is 5.52 Å². The van der Waals surface area contributed by atoms with E-state index in [0.29, 0.717) is 5.92 Å². The Morgan fingerprint density at radius 3 is 2.30 bits per heavy atom. The molecular weight excluding hydrogens is 330 g/mol. The highest BCUT2D eigenvalue weighted by atomic mass is 15.2. The van der Waals surface area contributed by atoms with Crippen molar-refractivity contribution < 1.29 is 0 Å². The minimum atomic E-state index is 0.590. The lowest BCUT2D eigenvalue weighted by atomic mass is 9.78. The van der Waals surface area contributed by atoms with Crippen LogP contribution in [0.5, 0.6) is 0 Å². The fraction of sp³-hybridized carbons (Fsp3) is 0.667. The van der Waals surface area contributed by atoms with Crippen molar-refractivity contribution >= 4 is 16.7 Å². The van der Waals surface area contributed by atoms with Gasteiger partial charge >= 0.3 is 0 Å². The second kappa shape index (κ2) is 9.03. The summed E-state index contributed by atoms with van der Waals surface area (Å²) in [5.74, 6) is 5.50. The van der Waals surface area contributed by atoms with E-state index in [1.165, 1.54) is 44.9 Å². The number of fused-ring (bicyclic) bond motifs is 1. The van der Waals surface area contributed by atoms with Crippen LogP contribution in [0.3, 0.4) is 0 Å². The predicted octanol–water partition coefficient (Wildman–Crippen LogP) is 6.43. The minimum Gasteiger partial charge on any atom is -0.362 e. The Kier molecular flexibility index (Phi) is 6.73. The summed E-state index contributed by atoms with van der Waals surface area (Å²) in [6, 6.07) is 8.40. The normalized spacial score (nSPS) is 27.0. The average molecular weight is 368 g/mol. The molecule has 1 aromatic carbocycles. The Hall–Kier alpha value is -1.64. The zero-order chi connectivity index (χ0) is 19.4. The van der Waals surface area contributed by atoms with Gasteiger partial charge in [-0.2, -0.15) is 0 Å². The van der Waals surface area contributed by atoms with Crippen LogP contribution in [-0.2, 0) is 0 Å². The van der Waals surface area contributed by atoms with Crippen LogP contribution in [0.4, 0.5) is 5.82 Å². The highest BCUT2D eigenvalue weighted by molar-refractivity contribution is 5.89. The summed E-state index contributed by atoms with van der Waals surface area (Å²) in [5.41, 5.74) is 1.09. The number of rotatable bonds is 5. The average Bonchev–Trinajstić information content (AvgIpc) is 3.48. The Balaban J connectivity index is 0.00000102. The van der Waals surface area contributed by atoms with Crippen molar-refractivity contribution in [3.05, 3.63) is 30.1 Å². The lowest BCUT2D eigenvalue weighted by Gasteiger charge is -2.27.